The number of esters is 3. The van der Waals surface area contributed by atoms with Gasteiger partial charge in [0, 0.05) is 19.3 Å². The fourth-order valence-corrected chi connectivity index (χ4v) is 4.94. The van der Waals surface area contributed by atoms with Crippen molar-refractivity contribution < 1.29 is 28.6 Å². The molecule has 6 heteroatoms. The first-order valence-electron chi connectivity index (χ1n) is 22.3. The van der Waals surface area contributed by atoms with Gasteiger partial charge in [0.05, 0.1) is 0 Å². The Morgan fingerprint density at radius 2 is 0.733 bits per heavy atom. The number of unbranched alkanes of at least 4 members (excludes halogenated alkanes) is 4. The van der Waals surface area contributed by atoms with E-state index in [0.717, 1.165) is 64.2 Å². The highest BCUT2D eigenvalue weighted by atomic mass is 16.6. The highest BCUT2D eigenvalue weighted by Crippen LogP contribution is 2.09. The van der Waals surface area contributed by atoms with Crippen molar-refractivity contribution in [3.05, 3.63) is 170 Å². The molecule has 0 spiro atoms. The van der Waals surface area contributed by atoms with Crippen molar-refractivity contribution in [3.8, 4) is 0 Å². The summed E-state index contributed by atoms with van der Waals surface area (Å²) in [7, 11) is 0. The third-order valence-electron chi connectivity index (χ3n) is 8.18. The molecule has 0 rings (SSSR count). The zero-order valence-electron chi connectivity index (χ0n) is 37.1. The van der Waals surface area contributed by atoms with Gasteiger partial charge in [-0.15, -0.1) is 0 Å². The Morgan fingerprint density at radius 3 is 1.22 bits per heavy atom. The monoisotopic (exact) mass is 821 g/mol. The van der Waals surface area contributed by atoms with Crippen LogP contribution in [0.4, 0.5) is 0 Å². The summed E-state index contributed by atoms with van der Waals surface area (Å²) in [6, 6.07) is 0. The van der Waals surface area contributed by atoms with Crippen molar-refractivity contribution in [2.24, 2.45) is 0 Å². The van der Waals surface area contributed by atoms with E-state index in [4.69, 9.17) is 14.2 Å². The zero-order valence-corrected chi connectivity index (χ0v) is 37.1. The number of allylic oxidation sites excluding steroid dienone is 28. The van der Waals surface area contributed by atoms with Crippen LogP contribution < -0.4 is 0 Å². The van der Waals surface area contributed by atoms with Gasteiger partial charge in [0.25, 0.3) is 0 Å². The van der Waals surface area contributed by atoms with Gasteiger partial charge < -0.3 is 14.2 Å². The van der Waals surface area contributed by atoms with Crippen molar-refractivity contribution in [1.82, 2.24) is 0 Å². The van der Waals surface area contributed by atoms with Crippen LogP contribution in [0, 0.1) is 0 Å². The van der Waals surface area contributed by atoms with Crippen molar-refractivity contribution in [1.29, 1.82) is 0 Å². The predicted molar refractivity (Wildman–Crippen MR) is 255 cm³/mol. The SMILES string of the molecule is CC\C=C/C=C\C=C/C=C\C=C/CCCC(=O)OC(COC(=O)CC/C=C\C/C=C\C/C=C\C/C=C\C/C=C\CC)COC(=O)CCCCC\C=C/C=C\C=C/C=C\CC. The quantitative estimate of drug-likeness (QED) is 0.0206. The normalized spacial score (nSPS) is 13.7. The van der Waals surface area contributed by atoms with Crippen LogP contribution in [0.1, 0.15) is 130 Å². The van der Waals surface area contributed by atoms with E-state index in [1.807, 2.05) is 103 Å². The van der Waals surface area contributed by atoms with Crippen LogP contribution >= 0.6 is 0 Å². The second-order valence-corrected chi connectivity index (χ2v) is 13.7. The highest BCUT2D eigenvalue weighted by Gasteiger charge is 2.19. The molecule has 0 saturated carbocycles. The first kappa shape index (κ1) is 54.8. The van der Waals surface area contributed by atoms with Gasteiger partial charge in [-0.2, -0.15) is 0 Å². The molecule has 1 atom stereocenters. The fraction of sp³-hybridized carbons (Fsp3) is 0.426. The van der Waals surface area contributed by atoms with Crippen molar-refractivity contribution in [2.75, 3.05) is 13.2 Å². The summed E-state index contributed by atoms with van der Waals surface area (Å²) in [4.78, 5) is 37.7. The van der Waals surface area contributed by atoms with Gasteiger partial charge in [0.1, 0.15) is 13.2 Å². The molecule has 0 N–H and O–H groups in total. The lowest BCUT2D eigenvalue weighted by Crippen LogP contribution is -2.30. The first-order chi connectivity index (χ1) is 29.5. The third kappa shape index (κ3) is 43.9. The number of ether oxygens (including phenoxy) is 3. The second-order valence-electron chi connectivity index (χ2n) is 13.7. The summed E-state index contributed by atoms with van der Waals surface area (Å²) in [5.74, 6) is -1.18. The number of hydrogen-bond donors (Lipinski definition) is 0. The van der Waals surface area contributed by atoms with Crippen LogP contribution in [0.15, 0.2) is 170 Å². The summed E-state index contributed by atoms with van der Waals surface area (Å²) in [5, 5.41) is 0. The Kier molecular flexibility index (Phi) is 42.4. The largest absolute Gasteiger partial charge is 0.462 e. The Balaban J connectivity index is 4.73. The minimum atomic E-state index is -0.869. The smallest absolute Gasteiger partial charge is 0.306 e. The number of carbonyl (C=O) groups excluding carboxylic acids is 3. The van der Waals surface area contributed by atoms with Crippen LogP contribution in [0.2, 0.25) is 0 Å². The van der Waals surface area contributed by atoms with Gasteiger partial charge in [-0.1, -0.05) is 197 Å². The Labute approximate surface area is 364 Å². The molecule has 0 radical (unpaired) electrons. The van der Waals surface area contributed by atoms with Gasteiger partial charge in [-0.25, -0.2) is 0 Å². The fourth-order valence-electron chi connectivity index (χ4n) is 4.94. The maximum absolute atomic E-state index is 12.7. The van der Waals surface area contributed by atoms with Crippen LogP contribution in [0.3, 0.4) is 0 Å². The minimum Gasteiger partial charge on any atom is -0.462 e. The van der Waals surface area contributed by atoms with Gasteiger partial charge >= 0.3 is 17.9 Å². The standard InChI is InChI=1S/C54H76O6/c1-4-7-10-13-16-19-22-25-26-27-30-32-35-38-41-44-47-53(56)59-50-51(60-54(57)48-45-42-39-36-33-29-24-21-18-15-12-9-6-3)49-58-52(55)46-43-40-37-34-31-28-23-20-17-14-11-8-5-2/h7-12,14-21,23-26,28-33,36,38-39,41,51H,4-6,13,22,27,34-35,37,40,42-50H2,1-3H3/b10-7-,11-8-,12-9-,17-14-,18-15-,19-16-,23-20-,24-21-,26-25-,31-28-,32-30-,33-29-,39-36-,41-38-. The summed E-state index contributed by atoms with van der Waals surface area (Å²) in [5.41, 5.74) is 0. The molecule has 1 unspecified atom stereocenters. The highest BCUT2D eigenvalue weighted by molar-refractivity contribution is 5.71. The number of carbonyl (C=O) groups is 3. The third-order valence-corrected chi connectivity index (χ3v) is 8.18. The minimum absolute atomic E-state index is 0.160. The van der Waals surface area contributed by atoms with E-state index in [1.54, 1.807) is 0 Å². The molecule has 0 aromatic carbocycles. The lowest BCUT2D eigenvalue weighted by Gasteiger charge is -2.18. The van der Waals surface area contributed by atoms with Crippen molar-refractivity contribution >= 4 is 17.9 Å². The van der Waals surface area contributed by atoms with Crippen molar-refractivity contribution in [3.63, 3.8) is 0 Å². The molecule has 0 aromatic heterocycles. The van der Waals surface area contributed by atoms with Gasteiger partial charge in [0.15, 0.2) is 6.10 Å². The maximum Gasteiger partial charge on any atom is 0.306 e. The Morgan fingerprint density at radius 1 is 0.350 bits per heavy atom. The van der Waals surface area contributed by atoms with Gasteiger partial charge in [-0.3, -0.25) is 14.4 Å². The first-order valence-corrected chi connectivity index (χ1v) is 22.3. The molecule has 0 bridgehead atoms. The average molecular weight is 821 g/mol. The van der Waals surface area contributed by atoms with E-state index in [0.29, 0.717) is 25.7 Å². The zero-order chi connectivity index (χ0) is 43.7. The summed E-state index contributed by atoms with van der Waals surface area (Å²) in [6.45, 7) is 6.01. The van der Waals surface area contributed by atoms with Crippen LogP contribution in [0.25, 0.3) is 0 Å². The average Bonchev–Trinajstić information content (AvgIpc) is 3.24. The maximum atomic E-state index is 12.7. The van der Waals surface area contributed by atoms with E-state index < -0.39 is 18.0 Å². The van der Waals surface area contributed by atoms with Crippen LogP contribution in [-0.2, 0) is 28.6 Å². The molecule has 0 saturated heterocycles. The van der Waals surface area contributed by atoms with E-state index in [1.165, 1.54) is 0 Å². The second kappa shape index (κ2) is 46.5. The van der Waals surface area contributed by atoms with Gasteiger partial charge in [-0.05, 0) is 83.5 Å². The topological polar surface area (TPSA) is 78.9 Å². The molecule has 0 aliphatic rings. The van der Waals surface area contributed by atoms with E-state index in [9.17, 15) is 14.4 Å². The molecule has 60 heavy (non-hydrogen) atoms. The molecule has 0 aliphatic heterocycles. The molecule has 0 aromatic rings. The van der Waals surface area contributed by atoms with Crippen LogP contribution in [0.5, 0.6) is 0 Å². The molecule has 0 heterocycles. The summed E-state index contributed by atoms with van der Waals surface area (Å²) < 4.78 is 16.5. The molecule has 0 aliphatic carbocycles. The lowest BCUT2D eigenvalue weighted by molar-refractivity contribution is -0.166. The summed E-state index contributed by atoms with van der Waals surface area (Å²) >= 11 is 0. The van der Waals surface area contributed by atoms with Crippen molar-refractivity contribution in [2.45, 2.75) is 136 Å². The predicted octanol–water partition coefficient (Wildman–Crippen LogP) is 14.5. The molecule has 6 nitrogen and oxygen atoms in total. The molecule has 0 amide bonds. The molecular formula is C54H76O6. The number of rotatable bonds is 36. The van der Waals surface area contributed by atoms with E-state index >= 15 is 0 Å². The number of hydrogen-bond acceptors (Lipinski definition) is 6. The Hall–Kier alpha value is -5.23. The molecular weight excluding hydrogens is 745 g/mol. The Bertz CT molecular complexity index is 1500. The summed E-state index contributed by atoms with van der Waals surface area (Å²) in [6.07, 6.45) is 69.3. The van der Waals surface area contributed by atoms with E-state index in [-0.39, 0.29) is 38.4 Å². The molecule has 0 fully saturated rings. The van der Waals surface area contributed by atoms with Gasteiger partial charge in [0.2, 0.25) is 0 Å². The van der Waals surface area contributed by atoms with E-state index in [2.05, 4.69) is 87.6 Å². The lowest BCUT2D eigenvalue weighted by atomic mass is 10.1. The van der Waals surface area contributed by atoms with Crippen LogP contribution in [-0.4, -0.2) is 37.2 Å². The molecule has 328 valence electrons.